The van der Waals surface area contributed by atoms with E-state index in [1.807, 2.05) is 36.7 Å². The summed E-state index contributed by atoms with van der Waals surface area (Å²) in [6.45, 7) is 2.27. The molecule has 0 saturated heterocycles. The molecule has 0 radical (unpaired) electrons. The zero-order valence-electron chi connectivity index (χ0n) is 18.1. The van der Waals surface area contributed by atoms with Gasteiger partial charge in [-0.25, -0.2) is 4.98 Å². The molecule has 0 spiro atoms. The molecule has 2 aliphatic carbocycles. The third-order valence-electron chi connectivity index (χ3n) is 6.85. The molecule has 33 heavy (non-hydrogen) atoms. The molecule has 0 fully saturated rings. The Balaban J connectivity index is 1.40. The van der Waals surface area contributed by atoms with E-state index in [1.165, 1.54) is 27.4 Å². The lowest BCUT2D eigenvalue weighted by molar-refractivity contribution is 0.546. The third kappa shape index (κ3) is 2.70. The normalized spacial score (nSPS) is 20.6. The number of para-hydroxylation sites is 1. The highest BCUT2D eigenvalue weighted by molar-refractivity contribution is 5.91. The number of benzene rings is 1. The number of pyridine rings is 2. The Morgan fingerprint density at radius 2 is 1.85 bits per heavy atom. The van der Waals surface area contributed by atoms with Crippen molar-refractivity contribution >= 4 is 28.4 Å². The number of hydrogen-bond donors (Lipinski definition) is 0. The van der Waals surface area contributed by atoms with Gasteiger partial charge < -0.3 is 9.32 Å². The number of rotatable bonds is 2. The smallest absolute Gasteiger partial charge is 0.137 e. The van der Waals surface area contributed by atoms with Crippen LogP contribution in [0, 0.1) is 11.8 Å². The molecule has 3 aromatic heterocycles. The van der Waals surface area contributed by atoms with Crippen molar-refractivity contribution in [3.8, 4) is 11.3 Å². The summed E-state index contributed by atoms with van der Waals surface area (Å²) in [5, 5.41) is 2.37. The summed E-state index contributed by atoms with van der Waals surface area (Å²) in [4.78, 5) is 11.4. The average Bonchev–Trinajstić information content (AvgIpc) is 3.25. The molecule has 3 aliphatic rings. The molecule has 158 valence electrons. The Morgan fingerprint density at radius 3 is 2.70 bits per heavy atom. The van der Waals surface area contributed by atoms with Crippen LogP contribution < -0.4 is 15.5 Å². The molecule has 0 saturated carbocycles. The van der Waals surface area contributed by atoms with Crippen LogP contribution in [0.15, 0.2) is 107 Å². The molecule has 1 aromatic carbocycles. The van der Waals surface area contributed by atoms with Crippen LogP contribution >= 0.6 is 0 Å². The predicted molar refractivity (Wildman–Crippen MR) is 131 cm³/mol. The van der Waals surface area contributed by atoms with Crippen LogP contribution in [0.3, 0.4) is 0 Å². The first-order valence-electron chi connectivity index (χ1n) is 11.3. The van der Waals surface area contributed by atoms with Gasteiger partial charge in [-0.05, 0) is 65.6 Å². The number of furan rings is 1. The van der Waals surface area contributed by atoms with E-state index in [2.05, 4.69) is 77.6 Å². The monoisotopic (exact) mass is 427 g/mol. The quantitative estimate of drug-likeness (QED) is 0.454. The van der Waals surface area contributed by atoms with E-state index < -0.39 is 0 Å². The second-order valence-corrected chi connectivity index (χ2v) is 8.77. The van der Waals surface area contributed by atoms with Crippen LogP contribution in [0.5, 0.6) is 0 Å². The third-order valence-corrected chi connectivity index (χ3v) is 6.85. The first kappa shape index (κ1) is 18.4. The van der Waals surface area contributed by atoms with Crippen LogP contribution in [0.1, 0.15) is 6.92 Å². The summed E-state index contributed by atoms with van der Waals surface area (Å²) in [7, 11) is 0. The van der Waals surface area contributed by atoms with E-state index in [0.29, 0.717) is 5.92 Å². The van der Waals surface area contributed by atoms with Gasteiger partial charge in [-0.2, -0.15) is 0 Å². The lowest BCUT2D eigenvalue weighted by Gasteiger charge is -2.36. The number of anilines is 1. The van der Waals surface area contributed by atoms with Gasteiger partial charge in [0.15, 0.2) is 0 Å². The molecule has 4 heterocycles. The van der Waals surface area contributed by atoms with E-state index in [4.69, 9.17) is 9.40 Å². The van der Waals surface area contributed by atoms with Gasteiger partial charge in [-0.15, -0.1) is 0 Å². The number of hydrogen-bond acceptors (Lipinski definition) is 4. The van der Waals surface area contributed by atoms with Gasteiger partial charge in [0, 0.05) is 40.7 Å². The van der Waals surface area contributed by atoms with E-state index in [0.717, 1.165) is 28.1 Å². The number of aromatic nitrogens is 2. The van der Waals surface area contributed by atoms with Crippen molar-refractivity contribution in [2.24, 2.45) is 11.8 Å². The fourth-order valence-corrected chi connectivity index (χ4v) is 5.22. The van der Waals surface area contributed by atoms with Crippen LogP contribution in [-0.4, -0.2) is 9.97 Å². The Kier molecular flexibility index (Phi) is 3.85. The van der Waals surface area contributed by atoms with E-state index in [1.54, 1.807) is 0 Å². The molecule has 4 nitrogen and oxygen atoms in total. The number of allylic oxidation sites excluding steroid dienone is 4. The maximum absolute atomic E-state index is 6.26. The number of nitrogens with zero attached hydrogens (tertiary/aromatic N) is 3. The minimum absolute atomic E-state index is 0.272. The predicted octanol–water partition coefficient (Wildman–Crippen LogP) is 4.94. The summed E-state index contributed by atoms with van der Waals surface area (Å²) >= 11 is 0. The van der Waals surface area contributed by atoms with Crippen LogP contribution in [0.2, 0.25) is 0 Å². The van der Waals surface area contributed by atoms with E-state index in [9.17, 15) is 0 Å². The van der Waals surface area contributed by atoms with Crippen molar-refractivity contribution < 1.29 is 4.42 Å². The van der Waals surface area contributed by atoms with Gasteiger partial charge >= 0.3 is 0 Å². The summed E-state index contributed by atoms with van der Waals surface area (Å²) < 4.78 is 6.26. The summed E-state index contributed by atoms with van der Waals surface area (Å²) in [6, 6.07) is 18.4. The second kappa shape index (κ2) is 6.91. The van der Waals surface area contributed by atoms with Gasteiger partial charge in [-0.3, -0.25) is 4.98 Å². The summed E-state index contributed by atoms with van der Waals surface area (Å²) in [5.41, 5.74) is 7.65. The van der Waals surface area contributed by atoms with Crippen molar-refractivity contribution in [1.82, 2.24) is 9.97 Å². The minimum Gasteiger partial charge on any atom is -0.456 e. The van der Waals surface area contributed by atoms with Crippen molar-refractivity contribution in [1.29, 1.82) is 0 Å². The maximum Gasteiger partial charge on any atom is 0.137 e. The van der Waals surface area contributed by atoms with Crippen molar-refractivity contribution in [3.05, 3.63) is 113 Å². The molecule has 0 bridgehead atoms. The van der Waals surface area contributed by atoms with Crippen molar-refractivity contribution in [2.45, 2.75) is 6.92 Å². The summed E-state index contributed by atoms with van der Waals surface area (Å²) in [5.74, 6) is 1.56. The van der Waals surface area contributed by atoms with Crippen molar-refractivity contribution in [2.75, 3.05) is 4.90 Å². The van der Waals surface area contributed by atoms with Gasteiger partial charge in [0.05, 0.1) is 11.4 Å². The first-order chi connectivity index (χ1) is 16.3. The fourth-order valence-electron chi connectivity index (χ4n) is 5.22. The van der Waals surface area contributed by atoms with Gasteiger partial charge in [0.1, 0.15) is 16.8 Å². The highest BCUT2D eigenvalue weighted by Crippen LogP contribution is 2.42. The van der Waals surface area contributed by atoms with Gasteiger partial charge in [0.25, 0.3) is 0 Å². The summed E-state index contributed by atoms with van der Waals surface area (Å²) in [6.07, 6.45) is 14.9. The first-order valence-corrected chi connectivity index (χ1v) is 11.3. The van der Waals surface area contributed by atoms with Crippen LogP contribution in [-0.2, 0) is 0 Å². The molecule has 2 unspecified atom stereocenters. The highest BCUT2D eigenvalue weighted by Gasteiger charge is 2.34. The van der Waals surface area contributed by atoms with E-state index in [-0.39, 0.29) is 5.92 Å². The Hall–Kier alpha value is -4.18. The molecule has 4 heteroatoms. The largest absolute Gasteiger partial charge is 0.456 e. The second-order valence-electron chi connectivity index (χ2n) is 8.77. The fraction of sp³-hybridized carbons (Fsp3) is 0.103. The molecular weight excluding hydrogens is 406 g/mol. The SMILES string of the molecule is CC1C=CC2=C3C(=c4c(oc5ccccc45)=CC31)C=CN2c1ccc(-c2ccccn2)cn1. The van der Waals surface area contributed by atoms with Crippen LogP contribution in [0.25, 0.3) is 33.9 Å². The molecule has 0 amide bonds. The van der Waals surface area contributed by atoms with Gasteiger partial charge in [0.2, 0.25) is 0 Å². The van der Waals surface area contributed by atoms with E-state index >= 15 is 0 Å². The molecule has 7 rings (SSSR count). The zero-order chi connectivity index (χ0) is 21.9. The molecular formula is C29H21N3O. The Morgan fingerprint density at radius 1 is 0.939 bits per heavy atom. The topological polar surface area (TPSA) is 42.2 Å². The standard InChI is InChI=1S/C29H21N3O/c1-18-9-11-24-28-21(29-20-6-2-3-8-25(20)33-26(29)16-22(18)28)13-15-32(24)27-12-10-19(17-31-27)23-7-4-5-14-30-23/h2-18,22H,1H3. The lowest BCUT2D eigenvalue weighted by Crippen LogP contribution is -2.37. The molecule has 2 atom stereocenters. The molecule has 0 N–H and O–H groups in total. The van der Waals surface area contributed by atoms with Crippen molar-refractivity contribution in [3.63, 3.8) is 0 Å². The van der Waals surface area contributed by atoms with Crippen LogP contribution in [0.4, 0.5) is 5.82 Å². The highest BCUT2D eigenvalue weighted by atomic mass is 16.3. The Labute approximate surface area is 191 Å². The Bertz CT molecular complexity index is 1620. The lowest BCUT2D eigenvalue weighted by atomic mass is 9.74. The minimum atomic E-state index is 0.272. The average molecular weight is 428 g/mol. The van der Waals surface area contributed by atoms with Gasteiger partial charge in [-0.1, -0.05) is 37.3 Å². The molecule has 1 aliphatic heterocycles. The maximum atomic E-state index is 6.26. The molecule has 4 aromatic rings. The zero-order valence-corrected chi connectivity index (χ0v) is 18.1. The number of fused-ring (bicyclic) bond motifs is 3.